The fourth-order valence-corrected chi connectivity index (χ4v) is 2.13. The van der Waals surface area contributed by atoms with Crippen molar-refractivity contribution in [2.45, 2.75) is 4.90 Å². The lowest BCUT2D eigenvalue weighted by Gasteiger charge is -2.02. The number of benzene rings is 2. The molecule has 2 aromatic rings. The quantitative estimate of drug-likeness (QED) is 0.644. The van der Waals surface area contributed by atoms with Gasteiger partial charge in [0, 0.05) is 5.39 Å². The molecule has 0 unspecified atom stereocenters. The first-order valence-corrected chi connectivity index (χ1v) is 5.48. The molecule has 104 valence electrons. The minimum atomic E-state index is -4.13. The highest BCUT2D eigenvalue weighted by Gasteiger charge is 2.12. The number of hydrogen-bond donors (Lipinski definition) is 1. The summed E-state index contributed by atoms with van der Waals surface area (Å²) in [6, 6.07) is 11.8. The third-order valence-corrected chi connectivity index (χ3v) is 2.94. The Hall–Kier alpha value is -1.55. The summed E-state index contributed by atoms with van der Waals surface area (Å²) in [5, 5.41) is 1.33. The van der Waals surface area contributed by atoms with Crippen molar-refractivity contribution >= 4 is 20.9 Å². The maximum absolute atomic E-state index is 11.0. The van der Waals surface area contributed by atoms with Gasteiger partial charge in [0.1, 0.15) is 4.90 Å². The highest BCUT2D eigenvalue weighted by molar-refractivity contribution is 7.86. The molecule has 0 radical (unpaired) electrons. The average molecular weight is 280 g/mol. The Kier molecular flexibility index (Phi) is 9.30. The van der Waals surface area contributed by atoms with Crippen molar-refractivity contribution in [2.24, 2.45) is 0 Å². The van der Waals surface area contributed by atoms with Crippen molar-refractivity contribution in [1.29, 1.82) is 0 Å². The summed E-state index contributed by atoms with van der Waals surface area (Å²) in [4.78, 5) is -0.0457. The van der Waals surface area contributed by atoms with E-state index in [2.05, 4.69) is 0 Å². The van der Waals surface area contributed by atoms with Gasteiger partial charge >= 0.3 is 0 Å². The Morgan fingerprint density at radius 3 is 1.83 bits per heavy atom. The Balaban J connectivity index is -0.000000562. The molecule has 2 aromatic carbocycles. The Bertz CT molecular complexity index is 574. The lowest BCUT2D eigenvalue weighted by atomic mass is 10.1. The maximum Gasteiger partial charge on any atom is 0.295 e. The largest absolute Gasteiger partial charge is 0.412 e. The minimum Gasteiger partial charge on any atom is -0.412 e. The molecule has 8 heteroatoms. The van der Waals surface area contributed by atoms with Crippen molar-refractivity contribution in [2.75, 3.05) is 0 Å². The minimum absolute atomic E-state index is 0. The van der Waals surface area contributed by atoms with Gasteiger partial charge in [-0.15, -0.1) is 0 Å². The summed E-state index contributed by atoms with van der Waals surface area (Å²) in [6.45, 7) is 0. The van der Waals surface area contributed by atoms with Crippen molar-refractivity contribution in [1.82, 2.24) is 0 Å². The molecular weight excluding hydrogens is 264 g/mol. The molecule has 2 rings (SSSR count). The smallest absolute Gasteiger partial charge is 0.295 e. The van der Waals surface area contributed by atoms with Crippen LogP contribution in [0.25, 0.3) is 10.8 Å². The lowest BCUT2D eigenvalue weighted by molar-refractivity contribution is 0.484. The van der Waals surface area contributed by atoms with E-state index in [-0.39, 0.29) is 26.8 Å². The summed E-state index contributed by atoms with van der Waals surface area (Å²) >= 11 is 0. The highest BCUT2D eigenvalue weighted by Crippen LogP contribution is 2.21. The molecule has 0 saturated heterocycles. The molecule has 0 aliphatic rings. The van der Waals surface area contributed by atoms with E-state index in [0.29, 0.717) is 5.39 Å². The summed E-state index contributed by atoms with van der Waals surface area (Å²) in [5.74, 6) is 0. The van der Waals surface area contributed by atoms with Crippen LogP contribution < -0.4 is 0 Å². The Morgan fingerprint density at radius 2 is 1.28 bits per heavy atom. The molecule has 0 bridgehead atoms. The molecule has 0 aromatic heterocycles. The predicted molar refractivity (Wildman–Crippen MR) is 68.2 cm³/mol. The third kappa shape index (κ3) is 4.04. The van der Waals surface area contributed by atoms with Gasteiger partial charge in [0.25, 0.3) is 10.1 Å². The SMILES string of the molecule is O.O.O.O.O=S(=O)(O)c1cccc2ccccc12. The molecule has 18 heavy (non-hydrogen) atoms. The monoisotopic (exact) mass is 280 g/mol. The molecule has 7 nitrogen and oxygen atoms in total. The van der Waals surface area contributed by atoms with E-state index in [1.54, 1.807) is 30.3 Å². The van der Waals surface area contributed by atoms with Crippen LogP contribution in [0.15, 0.2) is 47.4 Å². The zero-order valence-corrected chi connectivity index (χ0v) is 10.0. The lowest BCUT2D eigenvalue weighted by Crippen LogP contribution is -1.98. The van der Waals surface area contributed by atoms with Gasteiger partial charge < -0.3 is 21.9 Å². The van der Waals surface area contributed by atoms with Gasteiger partial charge in [0.15, 0.2) is 0 Å². The van der Waals surface area contributed by atoms with Gasteiger partial charge in [-0.3, -0.25) is 4.55 Å². The first-order valence-electron chi connectivity index (χ1n) is 4.04. The average Bonchev–Trinajstić information content (AvgIpc) is 2.15. The number of hydrogen-bond acceptors (Lipinski definition) is 2. The van der Waals surface area contributed by atoms with Crippen molar-refractivity contribution in [3.05, 3.63) is 42.5 Å². The Labute approximate surface area is 104 Å². The molecule has 0 aliphatic heterocycles. The molecule has 9 N–H and O–H groups in total. The first kappa shape index (κ1) is 21.7. The molecule has 0 saturated carbocycles. The van der Waals surface area contributed by atoms with Crippen LogP contribution >= 0.6 is 0 Å². The van der Waals surface area contributed by atoms with Crippen LogP contribution in [-0.2, 0) is 10.1 Å². The summed E-state index contributed by atoms with van der Waals surface area (Å²) in [5.41, 5.74) is 0. The molecular formula is C10H16O7S. The third-order valence-electron chi connectivity index (χ3n) is 2.03. The maximum atomic E-state index is 11.0. The van der Waals surface area contributed by atoms with Crippen molar-refractivity contribution < 1.29 is 34.9 Å². The first-order chi connectivity index (χ1) is 6.59. The van der Waals surface area contributed by atoms with Crippen LogP contribution in [0.4, 0.5) is 0 Å². The highest BCUT2D eigenvalue weighted by atomic mass is 32.2. The van der Waals surface area contributed by atoms with Crippen molar-refractivity contribution in [3.63, 3.8) is 0 Å². The number of fused-ring (bicyclic) bond motifs is 1. The summed E-state index contributed by atoms with van der Waals surface area (Å²) in [7, 11) is -4.13. The van der Waals surface area contributed by atoms with Crippen LogP contribution in [-0.4, -0.2) is 34.9 Å². The number of rotatable bonds is 1. The fourth-order valence-electron chi connectivity index (χ4n) is 1.42. The Morgan fingerprint density at radius 1 is 0.778 bits per heavy atom. The molecule has 0 aliphatic carbocycles. The summed E-state index contributed by atoms with van der Waals surface area (Å²) in [6.07, 6.45) is 0. The van der Waals surface area contributed by atoms with Gasteiger partial charge in [0.05, 0.1) is 0 Å². The van der Waals surface area contributed by atoms with Crippen molar-refractivity contribution in [3.8, 4) is 0 Å². The fraction of sp³-hybridized carbons (Fsp3) is 0. The second kappa shape index (κ2) is 7.71. The van der Waals surface area contributed by atoms with Gasteiger partial charge in [-0.2, -0.15) is 8.42 Å². The molecule has 0 amide bonds. The van der Waals surface area contributed by atoms with Crippen LogP contribution in [0.2, 0.25) is 0 Å². The normalized spacial score (nSPS) is 9.17. The summed E-state index contributed by atoms with van der Waals surface area (Å²) < 4.78 is 31.0. The zero-order valence-electron chi connectivity index (χ0n) is 9.21. The van der Waals surface area contributed by atoms with Gasteiger partial charge in [-0.1, -0.05) is 36.4 Å². The van der Waals surface area contributed by atoms with Gasteiger partial charge in [0.2, 0.25) is 0 Å². The van der Waals surface area contributed by atoms with Crippen LogP contribution in [0, 0.1) is 0 Å². The topological polar surface area (TPSA) is 180 Å². The molecule has 0 heterocycles. The molecule has 0 atom stereocenters. The van der Waals surface area contributed by atoms with Crippen LogP contribution in [0.1, 0.15) is 0 Å². The van der Waals surface area contributed by atoms with Crippen LogP contribution in [0.5, 0.6) is 0 Å². The molecule has 0 spiro atoms. The van der Waals surface area contributed by atoms with Crippen LogP contribution in [0.3, 0.4) is 0 Å². The van der Waals surface area contributed by atoms with Gasteiger partial charge in [-0.05, 0) is 11.5 Å². The van der Waals surface area contributed by atoms with E-state index in [0.717, 1.165) is 5.39 Å². The van der Waals surface area contributed by atoms with E-state index >= 15 is 0 Å². The van der Waals surface area contributed by atoms with E-state index < -0.39 is 10.1 Å². The van der Waals surface area contributed by atoms with E-state index in [1.807, 2.05) is 6.07 Å². The van der Waals surface area contributed by atoms with E-state index in [4.69, 9.17) is 4.55 Å². The second-order valence-electron chi connectivity index (χ2n) is 2.95. The van der Waals surface area contributed by atoms with E-state index in [9.17, 15) is 8.42 Å². The van der Waals surface area contributed by atoms with E-state index in [1.165, 1.54) is 6.07 Å². The predicted octanol–water partition coefficient (Wildman–Crippen LogP) is -1.21. The van der Waals surface area contributed by atoms with Gasteiger partial charge in [-0.25, -0.2) is 0 Å². The zero-order chi connectivity index (χ0) is 10.2. The second-order valence-corrected chi connectivity index (χ2v) is 4.34. The standard InChI is InChI=1S/C10H8O3S.4H2O/c11-14(12,13)10-7-3-5-8-4-1-2-6-9(8)10;;;;/h1-7H,(H,11,12,13);4*1H2. The molecule has 0 fully saturated rings.